The number of anilines is 1. The molecular weight excluding hydrogens is 401 g/mol. The molecule has 1 aromatic heterocycles. The molecule has 6 heteroatoms. The average Bonchev–Trinajstić information content (AvgIpc) is 3.30. The lowest BCUT2D eigenvalue weighted by Gasteiger charge is -2.18. The molecule has 4 nitrogen and oxygen atoms in total. The summed E-state index contributed by atoms with van der Waals surface area (Å²) in [6.07, 6.45) is 0.388. The van der Waals surface area contributed by atoms with E-state index in [1.807, 2.05) is 42.5 Å². The van der Waals surface area contributed by atoms with Crippen LogP contribution < -0.4 is 4.90 Å². The highest BCUT2D eigenvalue weighted by Crippen LogP contribution is 2.34. The van der Waals surface area contributed by atoms with Crippen molar-refractivity contribution in [1.29, 1.82) is 0 Å². The van der Waals surface area contributed by atoms with Gasteiger partial charge in [-0.15, -0.1) is 0 Å². The van der Waals surface area contributed by atoms with E-state index in [0.29, 0.717) is 24.5 Å². The predicted molar refractivity (Wildman–Crippen MR) is 116 cm³/mol. The predicted octanol–water partition coefficient (Wildman–Crippen LogP) is 5.40. The molecule has 0 saturated carbocycles. The third-order valence-electron chi connectivity index (χ3n) is 5.55. The fraction of sp³-hybridized carbons (Fsp3) is 0.167. The number of aromatic nitrogens is 2. The van der Waals surface area contributed by atoms with Crippen molar-refractivity contribution in [2.75, 3.05) is 11.4 Å². The Bertz CT molecular complexity index is 1230. The van der Waals surface area contributed by atoms with Crippen LogP contribution in [0.5, 0.6) is 0 Å². The van der Waals surface area contributed by atoms with Crippen molar-refractivity contribution in [1.82, 2.24) is 9.55 Å². The molecule has 0 bridgehead atoms. The molecular formula is C24H19ClFN3O. The number of carbonyl (C=O) groups is 1. The first-order valence-electron chi connectivity index (χ1n) is 9.84. The van der Waals surface area contributed by atoms with Crippen molar-refractivity contribution in [3.63, 3.8) is 0 Å². The molecule has 4 aromatic rings. The van der Waals surface area contributed by atoms with Gasteiger partial charge in [0, 0.05) is 36.1 Å². The molecule has 0 radical (unpaired) electrons. The van der Waals surface area contributed by atoms with Crippen LogP contribution in [-0.2, 0) is 11.3 Å². The Morgan fingerprint density at radius 2 is 1.83 bits per heavy atom. The van der Waals surface area contributed by atoms with Crippen molar-refractivity contribution in [3.05, 3.63) is 95.0 Å². The van der Waals surface area contributed by atoms with Crippen LogP contribution in [0.4, 0.5) is 10.1 Å². The van der Waals surface area contributed by atoms with Gasteiger partial charge in [0.15, 0.2) is 0 Å². The molecule has 0 N–H and O–H groups in total. The summed E-state index contributed by atoms with van der Waals surface area (Å²) in [5.41, 5.74) is 3.68. The van der Waals surface area contributed by atoms with Crippen LogP contribution in [0.1, 0.15) is 23.7 Å². The quantitative estimate of drug-likeness (QED) is 0.444. The monoisotopic (exact) mass is 419 g/mol. The first kappa shape index (κ1) is 18.8. The van der Waals surface area contributed by atoms with Crippen LogP contribution in [0, 0.1) is 5.82 Å². The Balaban J connectivity index is 1.52. The van der Waals surface area contributed by atoms with Crippen LogP contribution in [-0.4, -0.2) is 22.0 Å². The summed E-state index contributed by atoms with van der Waals surface area (Å²) in [6.45, 7) is 1.11. The van der Waals surface area contributed by atoms with Crippen LogP contribution >= 0.6 is 11.6 Å². The SMILES string of the molecule is O=C1CC(c2nc3ccccc3n2Cc2ccc(F)cc2)CN1c1cccc(Cl)c1. The van der Waals surface area contributed by atoms with Crippen molar-refractivity contribution in [3.8, 4) is 0 Å². The van der Waals surface area contributed by atoms with Gasteiger partial charge in [0.25, 0.3) is 0 Å². The number of rotatable bonds is 4. The number of para-hydroxylation sites is 2. The van der Waals surface area contributed by atoms with E-state index in [-0.39, 0.29) is 17.6 Å². The van der Waals surface area contributed by atoms with Gasteiger partial charge in [-0.05, 0) is 48.0 Å². The number of halogens is 2. The zero-order chi connectivity index (χ0) is 20.7. The first-order chi connectivity index (χ1) is 14.6. The maximum absolute atomic E-state index is 13.3. The summed E-state index contributed by atoms with van der Waals surface area (Å²) >= 11 is 6.12. The van der Waals surface area contributed by atoms with E-state index in [1.54, 1.807) is 23.1 Å². The summed E-state index contributed by atoms with van der Waals surface area (Å²) < 4.78 is 15.5. The number of hydrogen-bond acceptors (Lipinski definition) is 2. The van der Waals surface area contributed by atoms with Crippen molar-refractivity contribution >= 4 is 34.2 Å². The first-order valence-corrected chi connectivity index (χ1v) is 10.2. The maximum atomic E-state index is 13.3. The van der Waals surface area contributed by atoms with E-state index in [2.05, 4.69) is 4.57 Å². The van der Waals surface area contributed by atoms with E-state index in [0.717, 1.165) is 28.1 Å². The van der Waals surface area contributed by atoms with Gasteiger partial charge >= 0.3 is 0 Å². The molecule has 1 amide bonds. The van der Waals surface area contributed by atoms with Crippen LogP contribution in [0.2, 0.25) is 5.02 Å². The molecule has 1 saturated heterocycles. The molecule has 30 heavy (non-hydrogen) atoms. The zero-order valence-electron chi connectivity index (χ0n) is 16.1. The average molecular weight is 420 g/mol. The Hall–Kier alpha value is -3.18. The van der Waals surface area contributed by atoms with Crippen molar-refractivity contribution < 1.29 is 9.18 Å². The Kier molecular flexibility index (Phi) is 4.75. The summed E-state index contributed by atoms with van der Waals surface area (Å²) in [4.78, 5) is 19.4. The second-order valence-electron chi connectivity index (χ2n) is 7.56. The molecule has 1 aliphatic rings. The van der Waals surface area contributed by atoms with E-state index in [9.17, 15) is 9.18 Å². The highest BCUT2D eigenvalue weighted by atomic mass is 35.5. The van der Waals surface area contributed by atoms with Gasteiger partial charge in [-0.25, -0.2) is 9.37 Å². The van der Waals surface area contributed by atoms with Gasteiger partial charge in [-0.1, -0.05) is 41.9 Å². The smallest absolute Gasteiger partial charge is 0.227 e. The second kappa shape index (κ2) is 7.58. The minimum Gasteiger partial charge on any atom is -0.323 e. The highest BCUT2D eigenvalue weighted by molar-refractivity contribution is 6.30. The van der Waals surface area contributed by atoms with Gasteiger partial charge < -0.3 is 9.47 Å². The third kappa shape index (κ3) is 3.46. The van der Waals surface area contributed by atoms with E-state index < -0.39 is 0 Å². The summed E-state index contributed by atoms with van der Waals surface area (Å²) in [5, 5.41) is 0.604. The number of hydrogen-bond donors (Lipinski definition) is 0. The van der Waals surface area contributed by atoms with Crippen LogP contribution in [0.15, 0.2) is 72.8 Å². The van der Waals surface area contributed by atoms with E-state index >= 15 is 0 Å². The molecule has 150 valence electrons. The summed E-state index contributed by atoms with van der Waals surface area (Å²) in [5.74, 6) is 0.637. The Morgan fingerprint density at radius 1 is 1.03 bits per heavy atom. The molecule has 1 fully saturated rings. The third-order valence-corrected chi connectivity index (χ3v) is 5.78. The zero-order valence-corrected chi connectivity index (χ0v) is 16.9. The van der Waals surface area contributed by atoms with Crippen LogP contribution in [0.3, 0.4) is 0 Å². The number of amides is 1. The molecule has 5 rings (SSSR count). The Morgan fingerprint density at radius 3 is 2.63 bits per heavy atom. The number of nitrogens with zero attached hydrogens (tertiary/aromatic N) is 3. The largest absolute Gasteiger partial charge is 0.323 e. The highest BCUT2D eigenvalue weighted by Gasteiger charge is 2.34. The summed E-state index contributed by atoms with van der Waals surface area (Å²) in [6, 6.07) is 21.8. The molecule has 1 atom stereocenters. The minimum atomic E-state index is -0.256. The molecule has 0 spiro atoms. The molecule has 1 aliphatic heterocycles. The lowest BCUT2D eigenvalue weighted by atomic mass is 10.1. The number of carbonyl (C=O) groups excluding carboxylic acids is 1. The van der Waals surface area contributed by atoms with Gasteiger partial charge in [-0.2, -0.15) is 0 Å². The lowest BCUT2D eigenvalue weighted by Crippen LogP contribution is -2.24. The molecule has 3 aromatic carbocycles. The number of imidazole rings is 1. The number of fused-ring (bicyclic) bond motifs is 1. The molecule has 1 unspecified atom stereocenters. The van der Waals surface area contributed by atoms with Gasteiger partial charge in [-0.3, -0.25) is 4.79 Å². The topological polar surface area (TPSA) is 38.1 Å². The number of benzene rings is 3. The fourth-order valence-electron chi connectivity index (χ4n) is 4.12. The Labute approximate surface area is 178 Å². The van der Waals surface area contributed by atoms with E-state index in [1.165, 1.54) is 12.1 Å². The van der Waals surface area contributed by atoms with Gasteiger partial charge in [0.05, 0.1) is 11.0 Å². The fourth-order valence-corrected chi connectivity index (χ4v) is 4.30. The molecule has 2 heterocycles. The maximum Gasteiger partial charge on any atom is 0.227 e. The van der Waals surface area contributed by atoms with Gasteiger partial charge in [0.2, 0.25) is 5.91 Å². The molecule has 0 aliphatic carbocycles. The normalized spacial score (nSPS) is 16.5. The minimum absolute atomic E-state index is 0.0377. The summed E-state index contributed by atoms with van der Waals surface area (Å²) in [7, 11) is 0. The van der Waals surface area contributed by atoms with Crippen molar-refractivity contribution in [2.45, 2.75) is 18.9 Å². The van der Waals surface area contributed by atoms with Crippen LogP contribution in [0.25, 0.3) is 11.0 Å². The second-order valence-corrected chi connectivity index (χ2v) is 7.99. The van der Waals surface area contributed by atoms with Gasteiger partial charge in [0.1, 0.15) is 11.6 Å². The van der Waals surface area contributed by atoms with E-state index in [4.69, 9.17) is 16.6 Å². The standard InChI is InChI=1S/C24H19ClFN3O/c25-18-4-3-5-20(13-18)28-15-17(12-23(28)30)24-27-21-6-1-2-7-22(21)29(24)14-16-8-10-19(26)11-9-16/h1-11,13,17H,12,14-15H2. The lowest BCUT2D eigenvalue weighted by molar-refractivity contribution is -0.117. The van der Waals surface area contributed by atoms with Crippen molar-refractivity contribution in [2.24, 2.45) is 0 Å².